The van der Waals surface area contributed by atoms with Crippen LogP contribution in [0.15, 0.2) is 21.6 Å². The van der Waals surface area contributed by atoms with Crippen molar-refractivity contribution in [2.24, 2.45) is 0 Å². The minimum atomic E-state index is -3.69. The molecule has 0 atom stereocenters. The van der Waals surface area contributed by atoms with Crippen molar-refractivity contribution in [2.45, 2.75) is 4.90 Å². The maximum Gasteiger partial charge on any atom is 0.246 e. The summed E-state index contributed by atoms with van der Waals surface area (Å²) in [5, 5.41) is 2.80. The van der Waals surface area contributed by atoms with Crippen molar-refractivity contribution >= 4 is 31.8 Å². The third kappa shape index (κ3) is 4.89. The van der Waals surface area contributed by atoms with Crippen molar-refractivity contribution < 1.29 is 17.9 Å². The molecule has 1 aromatic heterocycles. The fraction of sp³-hybridized carbons (Fsp3) is 0.583. The van der Waals surface area contributed by atoms with Crippen LogP contribution >= 0.6 is 15.9 Å². The van der Waals surface area contributed by atoms with Gasteiger partial charge < -0.3 is 14.8 Å². The molecule has 120 valence electrons. The second-order valence-electron chi connectivity index (χ2n) is 4.14. The minimum Gasteiger partial charge on any atom is -0.383 e. The number of ether oxygens (including phenoxy) is 2. The number of anilines is 1. The largest absolute Gasteiger partial charge is 0.383 e. The smallest absolute Gasteiger partial charge is 0.246 e. The van der Waals surface area contributed by atoms with Crippen LogP contribution in [0.5, 0.6) is 0 Å². The van der Waals surface area contributed by atoms with Gasteiger partial charge in [0.15, 0.2) is 0 Å². The lowest BCUT2D eigenvalue weighted by Crippen LogP contribution is -2.36. The highest BCUT2D eigenvalue weighted by Crippen LogP contribution is 2.25. The van der Waals surface area contributed by atoms with Crippen molar-refractivity contribution in [3.8, 4) is 0 Å². The van der Waals surface area contributed by atoms with E-state index >= 15 is 0 Å². The van der Waals surface area contributed by atoms with Crippen molar-refractivity contribution in [3.63, 3.8) is 0 Å². The maximum absolute atomic E-state index is 12.8. The molecule has 0 saturated carbocycles. The van der Waals surface area contributed by atoms with Crippen LogP contribution in [0.25, 0.3) is 0 Å². The summed E-state index contributed by atoms with van der Waals surface area (Å²) in [6.07, 6.45) is 1.54. The van der Waals surface area contributed by atoms with Gasteiger partial charge in [0.1, 0.15) is 10.7 Å². The van der Waals surface area contributed by atoms with E-state index in [4.69, 9.17) is 9.47 Å². The summed E-state index contributed by atoms with van der Waals surface area (Å²) in [5.41, 5.74) is 0. The zero-order chi connectivity index (χ0) is 15.9. The molecule has 7 nitrogen and oxygen atoms in total. The van der Waals surface area contributed by atoms with Crippen molar-refractivity contribution in [3.05, 3.63) is 16.7 Å². The van der Waals surface area contributed by atoms with Crippen LogP contribution in [0.1, 0.15) is 0 Å². The molecule has 0 amide bonds. The van der Waals surface area contributed by atoms with Crippen LogP contribution in [0.3, 0.4) is 0 Å². The van der Waals surface area contributed by atoms with Gasteiger partial charge in [-0.2, -0.15) is 4.31 Å². The number of pyridine rings is 1. The predicted octanol–water partition coefficient (Wildman–Crippen LogP) is 1.17. The molecule has 1 heterocycles. The number of hydrogen-bond acceptors (Lipinski definition) is 6. The molecule has 1 rings (SSSR count). The van der Waals surface area contributed by atoms with Crippen molar-refractivity contribution in [2.75, 3.05) is 52.9 Å². The van der Waals surface area contributed by atoms with E-state index in [9.17, 15) is 8.42 Å². The first-order valence-corrected chi connectivity index (χ1v) is 8.52. The van der Waals surface area contributed by atoms with Gasteiger partial charge in [-0.15, -0.1) is 0 Å². The molecule has 0 spiro atoms. The zero-order valence-corrected chi connectivity index (χ0v) is 14.7. The van der Waals surface area contributed by atoms with Crippen LogP contribution in [0.2, 0.25) is 0 Å². The highest BCUT2D eigenvalue weighted by atomic mass is 79.9. The zero-order valence-electron chi connectivity index (χ0n) is 12.3. The first-order chi connectivity index (χ1) is 9.97. The summed E-state index contributed by atoms with van der Waals surface area (Å²) < 4.78 is 37.5. The normalized spacial score (nSPS) is 11.9. The molecular weight excluding hydrogens is 362 g/mol. The lowest BCUT2D eigenvalue weighted by molar-refractivity contribution is 0.150. The van der Waals surface area contributed by atoms with Gasteiger partial charge in [-0.3, -0.25) is 0 Å². The Labute approximate surface area is 133 Å². The van der Waals surface area contributed by atoms with Crippen LogP contribution in [-0.4, -0.2) is 65.3 Å². The van der Waals surface area contributed by atoms with Crippen LogP contribution < -0.4 is 5.32 Å². The van der Waals surface area contributed by atoms with E-state index in [-0.39, 0.29) is 18.0 Å². The van der Waals surface area contributed by atoms with E-state index in [1.54, 1.807) is 13.2 Å². The second-order valence-corrected chi connectivity index (χ2v) is 6.96. The Hall–Kier alpha value is -0.740. The molecule has 0 saturated heterocycles. The quantitative estimate of drug-likeness (QED) is 0.691. The number of methoxy groups -OCH3 is 2. The standard InChI is InChI=1S/C12H20BrN3O4S/c1-14-12-11(8-10(13)9-15-12)21(17,18)16(4-6-19-2)5-7-20-3/h8-9H,4-7H2,1-3H3,(H,14,15). The predicted molar refractivity (Wildman–Crippen MR) is 84.0 cm³/mol. The average Bonchev–Trinajstić information content (AvgIpc) is 2.47. The molecule has 0 aliphatic carbocycles. The third-order valence-electron chi connectivity index (χ3n) is 2.76. The van der Waals surface area contributed by atoms with E-state index < -0.39 is 10.0 Å². The molecule has 0 bridgehead atoms. The molecular formula is C12H20BrN3O4S. The monoisotopic (exact) mass is 381 g/mol. The van der Waals surface area contributed by atoms with E-state index in [1.165, 1.54) is 24.6 Å². The van der Waals surface area contributed by atoms with Gasteiger partial charge >= 0.3 is 0 Å². The third-order valence-corrected chi connectivity index (χ3v) is 5.11. The Morgan fingerprint density at radius 3 is 2.33 bits per heavy atom. The summed E-state index contributed by atoms with van der Waals surface area (Å²) in [6, 6.07) is 1.53. The van der Waals surface area contributed by atoms with Gasteiger partial charge in [0.2, 0.25) is 10.0 Å². The van der Waals surface area contributed by atoms with Crippen LogP contribution in [0.4, 0.5) is 5.82 Å². The molecule has 1 aromatic rings. The van der Waals surface area contributed by atoms with E-state index in [1.807, 2.05) is 0 Å². The highest BCUT2D eigenvalue weighted by Gasteiger charge is 2.27. The van der Waals surface area contributed by atoms with Gasteiger partial charge in [-0.05, 0) is 22.0 Å². The number of nitrogens with zero attached hydrogens (tertiary/aromatic N) is 2. The Balaban J connectivity index is 3.17. The number of hydrogen-bond donors (Lipinski definition) is 1. The molecule has 1 N–H and O–H groups in total. The fourth-order valence-corrected chi connectivity index (χ4v) is 3.75. The van der Waals surface area contributed by atoms with Crippen LogP contribution in [-0.2, 0) is 19.5 Å². The maximum atomic E-state index is 12.8. The Bertz CT molecular complexity index is 545. The molecule has 0 aliphatic rings. The van der Waals surface area contributed by atoms with Crippen molar-refractivity contribution in [1.29, 1.82) is 0 Å². The van der Waals surface area contributed by atoms with E-state index in [2.05, 4.69) is 26.2 Å². The molecule has 0 radical (unpaired) electrons. The van der Waals surface area contributed by atoms with Gasteiger partial charge in [-0.1, -0.05) is 0 Å². The second kappa shape index (κ2) is 8.64. The minimum absolute atomic E-state index is 0.117. The Kier molecular flexibility index (Phi) is 7.53. The molecule has 21 heavy (non-hydrogen) atoms. The topological polar surface area (TPSA) is 80.8 Å². The SMILES string of the molecule is CNc1ncc(Br)cc1S(=O)(=O)N(CCOC)CCOC. The summed E-state index contributed by atoms with van der Waals surface area (Å²) in [4.78, 5) is 4.20. The summed E-state index contributed by atoms with van der Waals surface area (Å²) >= 11 is 3.25. The molecule has 0 aromatic carbocycles. The number of sulfonamides is 1. The van der Waals surface area contributed by atoms with Gasteiger partial charge in [-0.25, -0.2) is 13.4 Å². The van der Waals surface area contributed by atoms with Gasteiger partial charge in [0.05, 0.1) is 13.2 Å². The highest BCUT2D eigenvalue weighted by molar-refractivity contribution is 9.10. The lowest BCUT2D eigenvalue weighted by Gasteiger charge is -2.22. The first-order valence-electron chi connectivity index (χ1n) is 6.28. The Morgan fingerprint density at radius 1 is 1.29 bits per heavy atom. The number of rotatable bonds is 9. The fourth-order valence-electron chi connectivity index (χ4n) is 1.68. The molecule has 0 unspecified atom stereocenters. The van der Waals surface area contributed by atoms with Crippen molar-refractivity contribution in [1.82, 2.24) is 9.29 Å². The van der Waals surface area contributed by atoms with E-state index in [0.717, 1.165) is 0 Å². The van der Waals surface area contributed by atoms with E-state index in [0.29, 0.717) is 23.5 Å². The Morgan fingerprint density at radius 2 is 1.86 bits per heavy atom. The van der Waals surface area contributed by atoms with Gasteiger partial charge in [0, 0.05) is 45.0 Å². The lowest BCUT2D eigenvalue weighted by atomic mass is 10.4. The molecule has 9 heteroatoms. The molecule has 0 aliphatic heterocycles. The summed E-state index contributed by atoms with van der Waals surface area (Å²) in [5.74, 6) is 0.304. The summed E-state index contributed by atoms with van der Waals surface area (Å²) in [7, 11) is 0.994. The molecule has 0 fully saturated rings. The summed E-state index contributed by atoms with van der Waals surface area (Å²) in [6.45, 7) is 1.11. The average molecular weight is 382 g/mol. The van der Waals surface area contributed by atoms with Gasteiger partial charge in [0.25, 0.3) is 0 Å². The first kappa shape index (κ1) is 18.3. The van der Waals surface area contributed by atoms with Crippen LogP contribution in [0, 0.1) is 0 Å². The number of nitrogens with one attached hydrogen (secondary N) is 1. The number of aromatic nitrogens is 1. The number of halogens is 1.